The Kier molecular flexibility index (Phi) is 56.0. The second-order valence-corrected chi connectivity index (χ2v) is 27.5. The van der Waals surface area contributed by atoms with Crippen LogP contribution in [0.2, 0.25) is 0 Å². The summed E-state index contributed by atoms with van der Waals surface area (Å²) in [6.07, 6.45) is 1.65. The Bertz CT molecular complexity index is 2250. The molecule has 87 heavy (non-hydrogen) atoms. The van der Waals surface area contributed by atoms with E-state index < -0.39 is 5.41 Å². The molecule has 0 radical (unpaired) electrons. The number of carbonyl (C=O) groups is 5. The maximum atomic E-state index is 11.9. The lowest BCUT2D eigenvalue weighted by Gasteiger charge is -2.26. The normalized spacial score (nSPS) is 10.6. The molecule has 0 fully saturated rings. The van der Waals surface area contributed by atoms with Crippen molar-refractivity contribution in [2.75, 3.05) is 48.8 Å². The molecule has 0 aliphatic rings. The summed E-state index contributed by atoms with van der Waals surface area (Å²) in [7, 11) is 8.43. The molecule has 0 aliphatic heterocycles. The molecule has 0 spiro atoms. The van der Waals surface area contributed by atoms with Crippen molar-refractivity contribution < 1.29 is 42.9 Å². The van der Waals surface area contributed by atoms with Crippen molar-refractivity contribution in [1.29, 1.82) is 0 Å². The van der Waals surface area contributed by atoms with Gasteiger partial charge < -0.3 is 28.7 Å². The van der Waals surface area contributed by atoms with E-state index in [1.165, 1.54) is 12.7 Å². The molecule has 0 saturated heterocycles. The molecule has 0 bridgehead atoms. The summed E-state index contributed by atoms with van der Waals surface area (Å²) < 4.78 is 19.5. The number of hydrogen-bond donors (Lipinski definition) is 0. The summed E-state index contributed by atoms with van der Waals surface area (Å²) in [5, 5.41) is 0. The summed E-state index contributed by atoms with van der Waals surface area (Å²) >= 11 is 0. The third kappa shape index (κ3) is 61.8. The first kappa shape index (κ1) is 95.0. The van der Waals surface area contributed by atoms with Crippen molar-refractivity contribution in [3.63, 3.8) is 0 Å². The van der Waals surface area contributed by atoms with Gasteiger partial charge in [-0.2, -0.15) is 0 Å². The standard InChI is InChI=1S/C13H19NO.C12H16O2.C11H14O.C11H16.C7H15NO.C7H16O2.C7H14O2.4C2H6/c1-13(2,3)12(15)14(4)10-11-8-6-5-7-9-11;1-12(2,3)11(13)14-9-10-7-5-4-6-8-10;1-11(2,3)10(12)9-7-5-4-6-8-9;1-11(2,3)9-10-7-5-4-6-8-10;1-7(2,3)6(9)8(4)5;1-7(2,3)5-9-6-8-4;1-7(2,3)5-6(8)9-4;4*1-2/h5-9H,10H2,1-4H3;4-8H,9H2,1-3H3;4-8H,1-3H3;4-8H,9H2,1-3H3;1-5H3;5-6H2,1-4H3;5H2,1-4H3;4*1-2H3. The van der Waals surface area contributed by atoms with E-state index in [0.717, 1.165) is 29.7 Å². The Morgan fingerprint density at radius 1 is 0.414 bits per heavy atom. The molecule has 502 valence electrons. The fourth-order valence-corrected chi connectivity index (χ4v) is 6.28. The molecule has 2 amide bonds. The number of ether oxygens (including phenoxy) is 4. The van der Waals surface area contributed by atoms with E-state index in [9.17, 15) is 24.0 Å². The number of rotatable bonds is 10. The van der Waals surface area contributed by atoms with Gasteiger partial charge in [-0.3, -0.25) is 24.0 Å². The number of carbonyl (C=O) groups excluding carboxylic acids is 5. The Hall–Kier alpha value is -5.65. The number of methoxy groups -OCH3 is 2. The fourth-order valence-electron chi connectivity index (χ4n) is 6.28. The molecule has 0 heterocycles. The van der Waals surface area contributed by atoms with Gasteiger partial charge in [-0.15, -0.1) is 0 Å². The van der Waals surface area contributed by atoms with Crippen LogP contribution < -0.4 is 0 Å². The molecule has 4 rings (SSSR count). The predicted octanol–water partition coefficient (Wildman–Crippen LogP) is 20.1. The molecule has 0 unspecified atom stereocenters. The molecular formula is C76H134N2O9. The highest BCUT2D eigenvalue weighted by molar-refractivity contribution is 5.99. The van der Waals surface area contributed by atoms with Crippen molar-refractivity contribution >= 4 is 29.5 Å². The average Bonchev–Trinajstić information content (AvgIpc) is 3.66. The fraction of sp³-hybridized carbons (Fsp3) is 0.618. The van der Waals surface area contributed by atoms with E-state index in [0.29, 0.717) is 31.8 Å². The monoisotopic (exact) mass is 1220 g/mol. The lowest BCUT2D eigenvalue weighted by Crippen LogP contribution is -2.36. The van der Waals surface area contributed by atoms with E-state index in [1.54, 1.807) is 31.0 Å². The number of hydrogen-bond acceptors (Lipinski definition) is 9. The Morgan fingerprint density at radius 2 is 0.770 bits per heavy atom. The molecule has 4 aromatic carbocycles. The molecule has 0 saturated carbocycles. The van der Waals surface area contributed by atoms with Crippen LogP contribution in [0, 0.1) is 37.9 Å². The Morgan fingerprint density at radius 3 is 1.03 bits per heavy atom. The molecule has 0 aliphatic carbocycles. The topological polar surface area (TPSA) is 129 Å². The summed E-state index contributed by atoms with van der Waals surface area (Å²) in [5.41, 5.74) is 3.88. The first-order valence-corrected chi connectivity index (χ1v) is 31.4. The number of amides is 2. The zero-order chi connectivity index (χ0) is 70.1. The smallest absolute Gasteiger partial charge is 0.311 e. The van der Waals surface area contributed by atoms with Crippen LogP contribution >= 0.6 is 0 Å². The minimum Gasteiger partial charge on any atom is -0.469 e. The molecule has 0 aromatic heterocycles. The molecule has 4 aromatic rings. The van der Waals surface area contributed by atoms with Crippen LogP contribution in [-0.2, 0) is 57.7 Å². The Balaban J connectivity index is -0.000000170. The lowest BCUT2D eigenvalue weighted by atomic mass is 9.87. The van der Waals surface area contributed by atoms with Crippen LogP contribution in [0.1, 0.15) is 234 Å². The van der Waals surface area contributed by atoms with Crippen LogP contribution in [-0.4, -0.2) is 88.1 Å². The van der Waals surface area contributed by atoms with Crippen molar-refractivity contribution in [2.24, 2.45) is 37.9 Å². The van der Waals surface area contributed by atoms with Gasteiger partial charge in [-0.05, 0) is 60.1 Å². The van der Waals surface area contributed by atoms with Gasteiger partial charge in [0.15, 0.2) is 5.78 Å². The van der Waals surface area contributed by atoms with Gasteiger partial charge in [-0.1, -0.05) is 301 Å². The maximum absolute atomic E-state index is 11.9. The minimum atomic E-state index is -0.422. The van der Waals surface area contributed by atoms with Crippen LogP contribution in [0.15, 0.2) is 121 Å². The first-order valence-electron chi connectivity index (χ1n) is 31.4. The second-order valence-electron chi connectivity index (χ2n) is 27.5. The van der Waals surface area contributed by atoms with Gasteiger partial charge in [0.1, 0.15) is 13.4 Å². The highest BCUT2D eigenvalue weighted by Crippen LogP contribution is 2.23. The highest BCUT2D eigenvalue weighted by Gasteiger charge is 2.26. The summed E-state index contributed by atoms with van der Waals surface area (Å²) in [4.78, 5) is 60.1. The van der Waals surface area contributed by atoms with E-state index in [-0.39, 0.29) is 56.6 Å². The van der Waals surface area contributed by atoms with E-state index >= 15 is 0 Å². The Labute approximate surface area is 536 Å². The molecule has 0 atom stereocenters. The van der Waals surface area contributed by atoms with E-state index in [2.05, 4.69) is 76.6 Å². The van der Waals surface area contributed by atoms with Crippen molar-refractivity contribution in [1.82, 2.24) is 9.80 Å². The van der Waals surface area contributed by atoms with Gasteiger partial charge in [0.25, 0.3) is 0 Å². The number of nitrogens with zero attached hydrogens (tertiary/aromatic N) is 2. The summed E-state index contributed by atoms with van der Waals surface area (Å²) in [6.45, 7) is 60.3. The molecule has 11 heteroatoms. The molecule has 11 nitrogen and oxygen atoms in total. The zero-order valence-electron chi connectivity index (χ0n) is 62.4. The van der Waals surface area contributed by atoms with Crippen LogP contribution in [0.3, 0.4) is 0 Å². The van der Waals surface area contributed by atoms with E-state index in [4.69, 9.17) is 14.2 Å². The largest absolute Gasteiger partial charge is 0.469 e. The van der Waals surface area contributed by atoms with Crippen molar-refractivity contribution in [3.05, 3.63) is 144 Å². The SMILES string of the molecule is CC.CC.CC.CC.CC(C)(C)C(=O)OCc1ccccc1.CC(C)(C)C(=O)c1ccccc1.CC(C)(C)Cc1ccccc1.CN(C)C(=O)C(C)(C)C.CN(Cc1ccccc1)C(=O)C(C)(C)C.COC(=O)CC(C)(C)C.COCOCC(C)(C)C. The number of ketones is 1. The maximum Gasteiger partial charge on any atom is 0.311 e. The van der Waals surface area contributed by atoms with Gasteiger partial charge in [0.2, 0.25) is 11.8 Å². The van der Waals surface area contributed by atoms with Gasteiger partial charge >= 0.3 is 11.9 Å². The van der Waals surface area contributed by atoms with Gasteiger partial charge in [0, 0.05) is 56.6 Å². The first-order chi connectivity index (χ1) is 39.9. The number of benzene rings is 4. The molecular weight excluding hydrogens is 1080 g/mol. The van der Waals surface area contributed by atoms with Gasteiger partial charge in [0.05, 0.1) is 25.6 Å². The van der Waals surface area contributed by atoms with Crippen LogP contribution in [0.4, 0.5) is 0 Å². The summed E-state index contributed by atoms with van der Waals surface area (Å²) in [6, 6.07) is 39.7. The third-order valence-corrected chi connectivity index (χ3v) is 10.1. The zero-order valence-corrected chi connectivity index (χ0v) is 62.4. The minimum absolute atomic E-state index is 0.0487. The second kappa shape index (κ2) is 51.3. The quantitative estimate of drug-likeness (QED) is 0.0659. The summed E-state index contributed by atoms with van der Waals surface area (Å²) in [5.74, 6) is 0.237. The van der Waals surface area contributed by atoms with Crippen molar-refractivity contribution in [3.8, 4) is 0 Å². The van der Waals surface area contributed by atoms with Crippen LogP contribution in [0.25, 0.3) is 0 Å². The van der Waals surface area contributed by atoms with E-state index in [1.807, 2.05) is 257 Å². The number of esters is 2. The van der Waals surface area contributed by atoms with Crippen LogP contribution in [0.5, 0.6) is 0 Å². The predicted molar refractivity (Wildman–Crippen MR) is 375 cm³/mol. The van der Waals surface area contributed by atoms with Gasteiger partial charge in [-0.25, -0.2) is 0 Å². The number of Topliss-reactive ketones (excluding diaryl/α,β-unsaturated/α-hetero) is 1. The highest BCUT2D eigenvalue weighted by atomic mass is 16.7. The molecule has 0 N–H and O–H groups in total. The third-order valence-electron chi connectivity index (χ3n) is 10.1. The van der Waals surface area contributed by atoms with Crippen molar-refractivity contribution in [2.45, 2.75) is 227 Å². The lowest BCUT2D eigenvalue weighted by molar-refractivity contribution is -0.154. The average molecular weight is 1220 g/mol.